The summed E-state index contributed by atoms with van der Waals surface area (Å²) in [5.74, 6) is 1.90. The van der Waals surface area contributed by atoms with Gasteiger partial charge in [-0.25, -0.2) is 0 Å². The van der Waals surface area contributed by atoms with E-state index in [1.54, 1.807) is 0 Å². The summed E-state index contributed by atoms with van der Waals surface area (Å²) in [6.45, 7) is 11.4. The lowest BCUT2D eigenvalue weighted by Gasteiger charge is -2.44. The fourth-order valence-corrected chi connectivity index (χ4v) is 5.15. The quantitative estimate of drug-likeness (QED) is 0.529. The van der Waals surface area contributed by atoms with Crippen LogP contribution in [-0.4, -0.2) is 31.4 Å². The van der Waals surface area contributed by atoms with Gasteiger partial charge in [-0.05, 0) is 59.6 Å². The van der Waals surface area contributed by atoms with Crippen molar-refractivity contribution in [3.05, 3.63) is 58.7 Å². The summed E-state index contributed by atoms with van der Waals surface area (Å²) >= 11 is 0. The first kappa shape index (κ1) is 23.6. The monoisotopic (exact) mass is 452 g/mol. The zero-order chi connectivity index (χ0) is 23.5. The van der Waals surface area contributed by atoms with Gasteiger partial charge in [-0.15, -0.1) is 0 Å². The summed E-state index contributed by atoms with van der Waals surface area (Å²) in [5.41, 5.74) is 4.82. The van der Waals surface area contributed by atoms with Crippen molar-refractivity contribution in [2.75, 3.05) is 13.2 Å². The average Bonchev–Trinajstić information content (AvgIpc) is 2.82. The molecule has 2 aromatic rings. The van der Waals surface area contributed by atoms with Gasteiger partial charge in [0.25, 0.3) is 0 Å². The van der Waals surface area contributed by atoms with Gasteiger partial charge in [0.05, 0.1) is 6.10 Å². The number of hydrogen-bond donors (Lipinski definition) is 0. The third-order valence-electron chi connectivity index (χ3n) is 7.20. The summed E-state index contributed by atoms with van der Waals surface area (Å²) in [7, 11) is 0. The van der Waals surface area contributed by atoms with Crippen LogP contribution in [0.3, 0.4) is 0 Å². The first-order valence-electron chi connectivity index (χ1n) is 12.2. The molecule has 0 N–H and O–H groups in total. The average molecular weight is 453 g/mol. The van der Waals surface area contributed by atoms with E-state index in [0.29, 0.717) is 19.1 Å². The predicted octanol–water partition coefficient (Wildman–Crippen LogP) is 5.66. The van der Waals surface area contributed by atoms with Gasteiger partial charge in [0.1, 0.15) is 25.4 Å². The second kappa shape index (κ2) is 10.2. The molecule has 5 heteroatoms. The van der Waals surface area contributed by atoms with Gasteiger partial charge in [0.2, 0.25) is 0 Å². The maximum atomic E-state index is 11.9. The van der Waals surface area contributed by atoms with Crippen molar-refractivity contribution in [1.29, 1.82) is 0 Å². The highest BCUT2D eigenvalue weighted by Gasteiger charge is 2.43. The SMILES string of the molecule is CCc1ccc([C@@H]2O[C@H](CC)C(C)[C@H](C)C2OC(C)=O)cc1Cc1ccc2c(c1)OCCO2. The third-order valence-corrected chi connectivity index (χ3v) is 7.20. The molecule has 5 nitrogen and oxygen atoms in total. The first-order chi connectivity index (χ1) is 15.9. The largest absolute Gasteiger partial charge is 0.486 e. The van der Waals surface area contributed by atoms with Crippen LogP contribution in [0, 0.1) is 11.8 Å². The van der Waals surface area contributed by atoms with Gasteiger partial charge in [-0.1, -0.05) is 52.0 Å². The Hall–Kier alpha value is -2.53. The van der Waals surface area contributed by atoms with Crippen molar-refractivity contribution < 1.29 is 23.7 Å². The van der Waals surface area contributed by atoms with E-state index >= 15 is 0 Å². The lowest BCUT2D eigenvalue weighted by Crippen LogP contribution is -2.46. The molecule has 0 saturated carbocycles. The number of esters is 1. The van der Waals surface area contributed by atoms with Crippen molar-refractivity contribution in [3.63, 3.8) is 0 Å². The van der Waals surface area contributed by atoms with Gasteiger partial charge >= 0.3 is 5.97 Å². The molecule has 0 spiro atoms. The Bertz CT molecular complexity index is 984. The molecule has 1 fully saturated rings. The topological polar surface area (TPSA) is 54.0 Å². The minimum absolute atomic E-state index is 0.143. The molecule has 1 saturated heterocycles. The number of ether oxygens (including phenoxy) is 4. The lowest BCUT2D eigenvalue weighted by molar-refractivity contribution is -0.196. The molecule has 2 aliphatic heterocycles. The fourth-order valence-electron chi connectivity index (χ4n) is 5.15. The van der Waals surface area contributed by atoms with Crippen LogP contribution in [0.5, 0.6) is 11.5 Å². The molecule has 2 aromatic carbocycles. The lowest BCUT2D eigenvalue weighted by atomic mass is 9.78. The Labute approximate surface area is 197 Å². The Morgan fingerprint density at radius 2 is 1.73 bits per heavy atom. The number of carbonyl (C=O) groups is 1. The van der Waals surface area contributed by atoms with Crippen LogP contribution in [0.15, 0.2) is 36.4 Å². The fraction of sp³-hybridized carbons (Fsp3) is 0.536. The molecule has 4 rings (SSSR count). The number of carbonyl (C=O) groups excluding carboxylic acids is 1. The molecule has 0 aromatic heterocycles. The summed E-state index contributed by atoms with van der Waals surface area (Å²) in [6, 6.07) is 12.8. The highest BCUT2D eigenvalue weighted by molar-refractivity contribution is 5.66. The standard InChI is InChI=1S/C28H36O5/c1-6-21-9-10-22(28-27(32-19(5)29)18(4)17(3)24(7-2)33-28)16-23(21)14-20-8-11-25-26(15-20)31-13-12-30-25/h8-11,15-18,24,27-28H,6-7,12-14H2,1-5H3/t17?,18-,24+,27?,28-/m0/s1. The van der Waals surface area contributed by atoms with Crippen LogP contribution < -0.4 is 9.47 Å². The molecule has 0 amide bonds. The maximum Gasteiger partial charge on any atom is 0.303 e. The molecule has 2 heterocycles. The molecule has 2 unspecified atom stereocenters. The zero-order valence-corrected chi connectivity index (χ0v) is 20.4. The van der Waals surface area contributed by atoms with Crippen molar-refractivity contribution >= 4 is 5.97 Å². The molecule has 178 valence electrons. The smallest absolute Gasteiger partial charge is 0.303 e. The highest BCUT2D eigenvalue weighted by atomic mass is 16.6. The number of rotatable bonds is 6. The Balaban J connectivity index is 1.66. The Morgan fingerprint density at radius 3 is 2.42 bits per heavy atom. The van der Waals surface area contributed by atoms with Gasteiger partial charge in [-0.3, -0.25) is 4.79 Å². The van der Waals surface area contributed by atoms with Crippen molar-refractivity contribution in [2.24, 2.45) is 11.8 Å². The summed E-state index contributed by atoms with van der Waals surface area (Å²) in [5, 5.41) is 0. The van der Waals surface area contributed by atoms with E-state index in [1.807, 2.05) is 6.07 Å². The number of benzene rings is 2. The minimum Gasteiger partial charge on any atom is -0.486 e. The second-order valence-electron chi connectivity index (χ2n) is 9.33. The molecule has 2 aliphatic rings. The molecular formula is C28H36O5. The van der Waals surface area contributed by atoms with Gasteiger partial charge in [-0.2, -0.15) is 0 Å². The Morgan fingerprint density at radius 1 is 0.970 bits per heavy atom. The van der Waals surface area contributed by atoms with Crippen LogP contribution in [0.1, 0.15) is 69.4 Å². The van der Waals surface area contributed by atoms with E-state index in [-0.39, 0.29) is 30.2 Å². The molecule has 0 radical (unpaired) electrons. The molecule has 5 atom stereocenters. The van der Waals surface area contributed by atoms with Crippen LogP contribution in [0.25, 0.3) is 0 Å². The minimum atomic E-state index is -0.296. The van der Waals surface area contributed by atoms with Crippen molar-refractivity contribution in [1.82, 2.24) is 0 Å². The zero-order valence-electron chi connectivity index (χ0n) is 20.4. The normalized spacial score (nSPS) is 26.6. The van der Waals surface area contributed by atoms with Crippen LogP contribution in [0.4, 0.5) is 0 Å². The predicted molar refractivity (Wildman–Crippen MR) is 128 cm³/mol. The van der Waals surface area contributed by atoms with E-state index in [1.165, 1.54) is 23.6 Å². The molecule has 33 heavy (non-hydrogen) atoms. The molecular weight excluding hydrogens is 416 g/mol. The van der Waals surface area contributed by atoms with Gasteiger partial charge in [0, 0.05) is 12.8 Å². The van der Waals surface area contributed by atoms with Gasteiger partial charge < -0.3 is 18.9 Å². The number of hydrogen-bond acceptors (Lipinski definition) is 5. The molecule has 0 bridgehead atoms. The van der Waals surface area contributed by atoms with E-state index < -0.39 is 0 Å². The van der Waals surface area contributed by atoms with Gasteiger partial charge in [0.15, 0.2) is 11.5 Å². The van der Waals surface area contributed by atoms with E-state index in [0.717, 1.165) is 36.3 Å². The van der Waals surface area contributed by atoms with Crippen LogP contribution in [0.2, 0.25) is 0 Å². The van der Waals surface area contributed by atoms with E-state index in [9.17, 15) is 4.79 Å². The van der Waals surface area contributed by atoms with Crippen LogP contribution >= 0.6 is 0 Å². The van der Waals surface area contributed by atoms with Crippen molar-refractivity contribution in [2.45, 2.75) is 72.2 Å². The molecule has 0 aliphatic carbocycles. The maximum absolute atomic E-state index is 11.9. The van der Waals surface area contributed by atoms with E-state index in [4.69, 9.17) is 18.9 Å². The second-order valence-corrected chi connectivity index (χ2v) is 9.33. The number of fused-ring (bicyclic) bond motifs is 1. The summed E-state index contributed by atoms with van der Waals surface area (Å²) < 4.78 is 23.8. The highest BCUT2D eigenvalue weighted by Crippen LogP contribution is 2.42. The van der Waals surface area contributed by atoms with Crippen molar-refractivity contribution in [3.8, 4) is 11.5 Å². The Kier molecular flexibility index (Phi) is 7.28. The summed E-state index contributed by atoms with van der Waals surface area (Å²) in [4.78, 5) is 11.9. The first-order valence-corrected chi connectivity index (χ1v) is 12.2. The van der Waals surface area contributed by atoms with Crippen LogP contribution in [-0.2, 0) is 27.1 Å². The number of aryl methyl sites for hydroxylation is 1. The third kappa shape index (κ3) is 5.03. The summed E-state index contributed by atoms with van der Waals surface area (Å²) in [6.07, 6.45) is 2.26. The van der Waals surface area contributed by atoms with E-state index in [2.05, 4.69) is 58.0 Å².